The minimum atomic E-state index is -0.493. The first-order valence-corrected chi connectivity index (χ1v) is 9.43. The van der Waals surface area contributed by atoms with Crippen LogP contribution in [0.2, 0.25) is 0 Å². The van der Waals surface area contributed by atoms with Crippen molar-refractivity contribution in [3.8, 4) is 11.1 Å². The van der Waals surface area contributed by atoms with Gasteiger partial charge in [-0.25, -0.2) is 4.39 Å². The summed E-state index contributed by atoms with van der Waals surface area (Å²) in [5, 5.41) is 12.9. The Labute approximate surface area is 170 Å². The Morgan fingerprint density at radius 2 is 1.93 bits per heavy atom. The van der Waals surface area contributed by atoms with Crippen LogP contribution in [0.5, 0.6) is 0 Å². The molecule has 5 heterocycles. The maximum Gasteiger partial charge on any atom is 0.260 e. The van der Waals surface area contributed by atoms with E-state index in [0.29, 0.717) is 22.3 Å². The van der Waals surface area contributed by atoms with Gasteiger partial charge in [-0.05, 0) is 37.6 Å². The summed E-state index contributed by atoms with van der Waals surface area (Å²) in [4.78, 5) is 17.4. The number of hydrogen-bond donors (Lipinski definition) is 0. The molecule has 0 N–H and O–H groups in total. The van der Waals surface area contributed by atoms with E-state index in [1.54, 1.807) is 57.7 Å². The van der Waals surface area contributed by atoms with Crippen LogP contribution in [0.3, 0.4) is 0 Å². The summed E-state index contributed by atoms with van der Waals surface area (Å²) in [6.07, 6.45) is 8.64. The SMILES string of the molecule is Cc1cnc2ccn(C(C)c3nnc4c(F)cc(-c5cnn(C)c5)cn34)c(=O)c2c1. The molecule has 0 saturated heterocycles. The Morgan fingerprint density at radius 3 is 2.70 bits per heavy atom. The summed E-state index contributed by atoms with van der Waals surface area (Å²) in [6.45, 7) is 3.73. The minimum absolute atomic E-state index is 0.107. The zero-order valence-electron chi connectivity index (χ0n) is 16.6. The van der Waals surface area contributed by atoms with E-state index in [4.69, 9.17) is 0 Å². The van der Waals surface area contributed by atoms with Crippen LogP contribution in [0, 0.1) is 12.7 Å². The van der Waals surface area contributed by atoms with Gasteiger partial charge in [-0.1, -0.05) is 0 Å². The van der Waals surface area contributed by atoms with Gasteiger partial charge in [-0.15, -0.1) is 10.2 Å². The Kier molecular flexibility index (Phi) is 3.99. The molecule has 0 amide bonds. The third-order valence-electron chi connectivity index (χ3n) is 5.23. The molecule has 1 unspecified atom stereocenters. The van der Waals surface area contributed by atoms with Crippen LogP contribution in [0.25, 0.3) is 27.7 Å². The molecule has 0 aromatic carbocycles. The van der Waals surface area contributed by atoms with E-state index in [1.165, 1.54) is 6.07 Å². The minimum Gasteiger partial charge on any atom is -0.304 e. The van der Waals surface area contributed by atoms with Crippen molar-refractivity contribution in [1.29, 1.82) is 0 Å². The van der Waals surface area contributed by atoms with Crippen molar-refractivity contribution < 1.29 is 4.39 Å². The summed E-state index contributed by atoms with van der Waals surface area (Å²) < 4.78 is 19.5. The summed E-state index contributed by atoms with van der Waals surface area (Å²) in [5.74, 6) is -0.0373. The molecule has 5 aromatic heterocycles. The number of nitrogens with zero attached hydrogens (tertiary/aromatic N) is 7. The highest BCUT2D eigenvalue weighted by molar-refractivity contribution is 5.77. The van der Waals surface area contributed by atoms with Gasteiger partial charge in [0.15, 0.2) is 17.3 Å². The lowest BCUT2D eigenvalue weighted by atomic mass is 10.1. The normalized spacial score (nSPS) is 12.7. The number of halogens is 1. The van der Waals surface area contributed by atoms with Gasteiger partial charge in [0.25, 0.3) is 5.56 Å². The molecule has 0 radical (unpaired) electrons. The molecule has 0 fully saturated rings. The Bertz CT molecular complexity index is 1480. The van der Waals surface area contributed by atoms with Crippen molar-refractivity contribution in [2.45, 2.75) is 19.9 Å². The highest BCUT2D eigenvalue weighted by Gasteiger charge is 2.20. The smallest absolute Gasteiger partial charge is 0.260 e. The molecule has 150 valence electrons. The van der Waals surface area contributed by atoms with Crippen LogP contribution in [0.15, 0.2) is 54.0 Å². The topological polar surface area (TPSA) is 82.9 Å². The van der Waals surface area contributed by atoms with Gasteiger partial charge < -0.3 is 4.57 Å². The second-order valence-corrected chi connectivity index (χ2v) is 7.38. The van der Waals surface area contributed by atoms with E-state index < -0.39 is 11.9 Å². The van der Waals surface area contributed by atoms with Crippen molar-refractivity contribution in [3.05, 3.63) is 76.7 Å². The molecule has 0 saturated carbocycles. The monoisotopic (exact) mass is 403 g/mol. The molecule has 0 aliphatic carbocycles. The molecule has 0 aliphatic rings. The molecule has 9 heteroatoms. The Morgan fingerprint density at radius 1 is 1.10 bits per heavy atom. The number of pyridine rings is 3. The third-order valence-corrected chi connectivity index (χ3v) is 5.23. The standard InChI is InChI=1S/C21H18FN7O/c1-12-6-16-18(23-8-12)4-5-28(21(16)30)13(2)19-25-26-20-17(22)7-14(11-29(19)20)15-9-24-27(3)10-15/h4-11,13H,1-3H3. The van der Waals surface area contributed by atoms with E-state index >= 15 is 0 Å². The fraction of sp³-hybridized carbons (Fsp3) is 0.190. The van der Waals surface area contributed by atoms with E-state index in [1.807, 2.05) is 19.9 Å². The Balaban J connectivity index is 1.68. The second kappa shape index (κ2) is 6.58. The predicted molar refractivity (Wildman–Crippen MR) is 110 cm³/mol. The third kappa shape index (κ3) is 2.78. The summed E-state index contributed by atoms with van der Waals surface area (Å²) >= 11 is 0. The number of aromatic nitrogens is 7. The summed E-state index contributed by atoms with van der Waals surface area (Å²) in [5.41, 5.74) is 2.88. The van der Waals surface area contributed by atoms with Crippen molar-refractivity contribution in [2.75, 3.05) is 0 Å². The zero-order chi connectivity index (χ0) is 21.0. The molecular weight excluding hydrogens is 385 g/mol. The van der Waals surface area contributed by atoms with Gasteiger partial charge in [0.2, 0.25) is 0 Å². The van der Waals surface area contributed by atoms with Crippen LogP contribution in [-0.4, -0.2) is 33.9 Å². The van der Waals surface area contributed by atoms with Gasteiger partial charge in [-0.2, -0.15) is 5.10 Å². The molecule has 1 atom stereocenters. The van der Waals surface area contributed by atoms with Crippen LogP contribution < -0.4 is 5.56 Å². The molecule has 30 heavy (non-hydrogen) atoms. The number of rotatable bonds is 3. The number of fused-ring (bicyclic) bond motifs is 2. The summed E-state index contributed by atoms with van der Waals surface area (Å²) in [7, 11) is 1.80. The molecule has 0 spiro atoms. The first-order valence-electron chi connectivity index (χ1n) is 9.43. The molecule has 5 rings (SSSR count). The average molecular weight is 403 g/mol. The quantitative estimate of drug-likeness (QED) is 0.463. The molecular formula is C21H18FN7O. The molecule has 5 aromatic rings. The van der Waals surface area contributed by atoms with Crippen molar-refractivity contribution >= 4 is 16.6 Å². The van der Waals surface area contributed by atoms with Gasteiger partial charge in [0, 0.05) is 43.0 Å². The van der Waals surface area contributed by atoms with Crippen LogP contribution in [0.4, 0.5) is 4.39 Å². The predicted octanol–water partition coefficient (Wildman–Crippen LogP) is 2.90. The molecule has 0 bridgehead atoms. The lowest BCUT2D eigenvalue weighted by Gasteiger charge is -2.15. The van der Waals surface area contributed by atoms with Gasteiger partial charge in [0.05, 0.1) is 23.1 Å². The lowest BCUT2D eigenvalue weighted by molar-refractivity contribution is 0.575. The maximum absolute atomic E-state index is 14.7. The van der Waals surface area contributed by atoms with Crippen LogP contribution in [-0.2, 0) is 7.05 Å². The number of hydrogen-bond acceptors (Lipinski definition) is 5. The van der Waals surface area contributed by atoms with Crippen LogP contribution in [0.1, 0.15) is 24.4 Å². The Hall–Kier alpha value is -3.88. The molecule has 8 nitrogen and oxygen atoms in total. The first kappa shape index (κ1) is 18.2. The van der Waals surface area contributed by atoms with E-state index in [9.17, 15) is 9.18 Å². The van der Waals surface area contributed by atoms with Crippen LogP contribution >= 0.6 is 0 Å². The maximum atomic E-state index is 14.7. The fourth-order valence-electron chi connectivity index (χ4n) is 3.65. The highest BCUT2D eigenvalue weighted by Crippen LogP contribution is 2.24. The molecule has 0 aliphatic heterocycles. The largest absolute Gasteiger partial charge is 0.304 e. The fourth-order valence-corrected chi connectivity index (χ4v) is 3.65. The first-order chi connectivity index (χ1) is 14.4. The van der Waals surface area contributed by atoms with Gasteiger partial charge in [0.1, 0.15) is 0 Å². The second-order valence-electron chi connectivity index (χ2n) is 7.38. The van der Waals surface area contributed by atoms with E-state index in [-0.39, 0.29) is 11.2 Å². The highest BCUT2D eigenvalue weighted by atomic mass is 19.1. The average Bonchev–Trinajstić information content (AvgIpc) is 3.35. The van der Waals surface area contributed by atoms with Crippen molar-refractivity contribution in [1.82, 2.24) is 33.9 Å². The summed E-state index contributed by atoms with van der Waals surface area (Å²) in [6, 6.07) is 4.54. The van der Waals surface area contributed by atoms with Crippen molar-refractivity contribution in [2.24, 2.45) is 7.05 Å². The van der Waals surface area contributed by atoms with E-state index in [2.05, 4.69) is 20.3 Å². The zero-order valence-corrected chi connectivity index (χ0v) is 16.6. The lowest BCUT2D eigenvalue weighted by Crippen LogP contribution is -2.25. The number of aryl methyl sites for hydroxylation is 2. The van der Waals surface area contributed by atoms with Gasteiger partial charge in [-0.3, -0.25) is 18.9 Å². The van der Waals surface area contributed by atoms with Gasteiger partial charge >= 0.3 is 0 Å². The van der Waals surface area contributed by atoms with Crippen molar-refractivity contribution in [3.63, 3.8) is 0 Å². The van der Waals surface area contributed by atoms with E-state index in [0.717, 1.165) is 11.1 Å².